The third-order valence-electron chi connectivity index (χ3n) is 6.19. The van der Waals surface area contributed by atoms with Crippen molar-refractivity contribution in [2.45, 2.75) is 51.1 Å². The Labute approximate surface area is 166 Å². The van der Waals surface area contributed by atoms with Gasteiger partial charge in [-0.25, -0.2) is 4.68 Å². The molecule has 1 saturated heterocycles. The second-order valence-electron chi connectivity index (χ2n) is 8.14. The molecule has 1 aromatic carbocycles. The van der Waals surface area contributed by atoms with Crippen LogP contribution < -0.4 is 0 Å². The van der Waals surface area contributed by atoms with Gasteiger partial charge in [-0.05, 0) is 69.8 Å². The van der Waals surface area contributed by atoms with Crippen molar-refractivity contribution in [1.82, 2.24) is 19.6 Å². The molecule has 0 amide bonds. The van der Waals surface area contributed by atoms with Gasteiger partial charge in [0.1, 0.15) is 0 Å². The van der Waals surface area contributed by atoms with Gasteiger partial charge in [0.15, 0.2) is 0 Å². The summed E-state index contributed by atoms with van der Waals surface area (Å²) in [5, 5.41) is 14.1. The number of carbonyl (C=O) groups is 1. The fraction of sp³-hybridized carbons (Fsp3) is 0.545. The Morgan fingerprint density at radius 3 is 2.79 bits per heavy atom. The maximum atomic E-state index is 11.0. The van der Waals surface area contributed by atoms with Gasteiger partial charge < -0.3 is 5.11 Å². The number of hydrogen-bond acceptors (Lipinski definition) is 4. The molecule has 1 aliphatic heterocycles. The van der Waals surface area contributed by atoms with E-state index in [9.17, 15) is 4.79 Å². The van der Waals surface area contributed by atoms with Crippen LogP contribution >= 0.6 is 0 Å². The molecule has 0 saturated carbocycles. The number of carboxylic acid groups (broad SMARTS) is 1. The molecule has 0 bridgehead atoms. The topological polar surface area (TPSA) is 61.6 Å². The molecule has 1 unspecified atom stereocenters. The van der Waals surface area contributed by atoms with Crippen molar-refractivity contribution in [2.24, 2.45) is 0 Å². The van der Waals surface area contributed by atoms with Gasteiger partial charge in [-0.3, -0.25) is 14.6 Å². The second-order valence-corrected chi connectivity index (χ2v) is 8.14. The second kappa shape index (κ2) is 8.45. The van der Waals surface area contributed by atoms with E-state index in [-0.39, 0.29) is 6.54 Å². The van der Waals surface area contributed by atoms with E-state index in [0.717, 1.165) is 57.4 Å². The molecule has 6 heteroatoms. The number of nitrogens with zero attached hydrogens (tertiary/aromatic N) is 4. The van der Waals surface area contributed by atoms with Gasteiger partial charge in [0.2, 0.25) is 0 Å². The van der Waals surface area contributed by atoms with Crippen LogP contribution in [0.1, 0.15) is 42.6 Å². The van der Waals surface area contributed by atoms with Crippen LogP contribution in [0, 0.1) is 0 Å². The number of aromatic nitrogens is 2. The summed E-state index contributed by atoms with van der Waals surface area (Å²) in [6.07, 6.45) is 6.65. The van der Waals surface area contributed by atoms with Gasteiger partial charge in [0.25, 0.3) is 0 Å². The lowest BCUT2D eigenvalue weighted by atomic mass is 10.1. The number of fused-ring (bicyclic) bond motifs is 1. The van der Waals surface area contributed by atoms with Gasteiger partial charge >= 0.3 is 5.97 Å². The molecule has 28 heavy (non-hydrogen) atoms. The van der Waals surface area contributed by atoms with Crippen LogP contribution in [0.15, 0.2) is 30.3 Å². The summed E-state index contributed by atoms with van der Waals surface area (Å²) < 4.78 is 2.15. The summed E-state index contributed by atoms with van der Waals surface area (Å²) in [6.45, 7) is 3.09. The third-order valence-corrected chi connectivity index (χ3v) is 6.19. The van der Waals surface area contributed by atoms with E-state index in [2.05, 4.69) is 33.8 Å². The number of aliphatic carboxylic acids is 1. The molecule has 1 atom stereocenters. The molecule has 1 fully saturated rings. The van der Waals surface area contributed by atoms with Crippen molar-refractivity contribution >= 4 is 5.97 Å². The molecule has 150 valence electrons. The summed E-state index contributed by atoms with van der Waals surface area (Å²) in [5.41, 5.74) is 5.22. The van der Waals surface area contributed by atoms with E-state index in [1.807, 2.05) is 18.0 Å². The molecule has 0 radical (unpaired) electrons. The van der Waals surface area contributed by atoms with Crippen LogP contribution in [-0.2, 0) is 24.2 Å². The standard InChI is InChI=1S/C22H30N4O2/c1-24(16-22(27)28)17-9-6-13-25(14-12-17)15-20-19-10-5-11-21(19)26(23-20)18-7-3-2-4-8-18/h2-4,7-8,17H,5-6,9-16H2,1H3,(H,27,28). The highest BCUT2D eigenvalue weighted by atomic mass is 16.4. The highest BCUT2D eigenvalue weighted by Crippen LogP contribution is 2.29. The van der Waals surface area contributed by atoms with Crippen LogP contribution in [0.3, 0.4) is 0 Å². The minimum absolute atomic E-state index is 0.125. The van der Waals surface area contributed by atoms with E-state index in [0.29, 0.717) is 6.04 Å². The largest absolute Gasteiger partial charge is 0.480 e. The molecule has 0 spiro atoms. The fourth-order valence-corrected chi connectivity index (χ4v) is 4.72. The van der Waals surface area contributed by atoms with Gasteiger partial charge in [-0.2, -0.15) is 5.10 Å². The van der Waals surface area contributed by atoms with Crippen LogP contribution in [0.25, 0.3) is 5.69 Å². The lowest BCUT2D eigenvalue weighted by Gasteiger charge is -2.25. The number of rotatable bonds is 6. The zero-order valence-electron chi connectivity index (χ0n) is 16.7. The zero-order valence-corrected chi connectivity index (χ0v) is 16.7. The van der Waals surface area contributed by atoms with Gasteiger partial charge in [-0.15, -0.1) is 0 Å². The number of benzene rings is 1. The third kappa shape index (κ3) is 4.13. The van der Waals surface area contributed by atoms with E-state index in [1.165, 1.54) is 23.4 Å². The Balaban J connectivity index is 1.46. The Hall–Kier alpha value is -2.18. The molecular formula is C22H30N4O2. The minimum Gasteiger partial charge on any atom is -0.480 e. The number of para-hydroxylation sites is 1. The number of carboxylic acids is 1. The van der Waals surface area contributed by atoms with Crippen molar-refractivity contribution in [3.8, 4) is 5.69 Å². The average Bonchev–Trinajstić information content (AvgIpc) is 3.20. The Morgan fingerprint density at radius 2 is 2.00 bits per heavy atom. The first-order valence-corrected chi connectivity index (χ1v) is 10.4. The SMILES string of the molecule is CN(CC(=O)O)C1CCCN(Cc2nn(-c3ccccc3)c3c2CCC3)CC1. The van der Waals surface area contributed by atoms with Crippen molar-refractivity contribution in [3.05, 3.63) is 47.3 Å². The molecule has 4 rings (SSSR count). The normalized spacial score (nSPS) is 20.3. The van der Waals surface area contributed by atoms with Gasteiger partial charge in [-0.1, -0.05) is 18.2 Å². The van der Waals surface area contributed by atoms with E-state index in [1.54, 1.807) is 0 Å². The quantitative estimate of drug-likeness (QED) is 0.832. The van der Waals surface area contributed by atoms with Crippen LogP contribution in [0.5, 0.6) is 0 Å². The smallest absolute Gasteiger partial charge is 0.317 e. The Bertz CT molecular complexity index is 817. The summed E-state index contributed by atoms with van der Waals surface area (Å²) in [4.78, 5) is 15.5. The Morgan fingerprint density at radius 1 is 1.18 bits per heavy atom. The lowest BCUT2D eigenvalue weighted by Crippen LogP contribution is -2.36. The highest BCUT2D eigenvalue weighted by Gasteiger charge is 2.26. The van der Waals surface area contributed by atoms with Crippen molar-refractivity contribution in [3.63, 3.8) is 0 Å². The Kier molecular flexibility index (Phi) is 5.78. The molecule has 1 aliphatic carbocycles. The zero-order chi connectivity index (χ0) is 19.5. The van der Waals surface area contributed by atoms with Crippen molar-refractivity contribution in [1.29, 1.82) is 0 Å². The minimum atomic E-state index is -0.745. The fourth-order valence-electron chi connectivity index (χ4n) is 4.72. The molecule has 6 nitrogen and oxygen atoms in total. The molecule has 2 aromatic rings. The van der Waals surface area contributed by atoms with Crippen molar-refractivity contribution < 1.29 is 9.90 Å². The molecule has 2 heterocycles. The van der Waals surface area contributed by atoms with Gasteiger partial charge in [0, 0.05) is 24.8 Å². The molecule has 1 aromatic heterocycles. The van der Waals surface area contributed by atoms with Crippen LogP contribution in [-0.4, -0.2) is 63.4 Å². The van der Waals surface area contributed by atoms with E-state index in [4.69, 9.17) is 10.2 Å². The maximum Gasteiger partial charge on any atom is 0.317 e. The molecule has 2 aliphatic rings. The monoisotopic (exact) mass is 382 g/mol. The van der Waals surface area contributed by atoms with E-state index < -0.39 is 5.97 Å². The van der Waals surface area contributed by atoms with Crippen molar-refractivity contribution in [2.75, 3.05) is 26.7 Å². The first-order chi connectivity index (χ1) is 13.6. The molecule has 1 N–H and O–H groups in total. The predicted octanol–water partition coefficient (Wildman–Crippen LogP) is 2.73. The number of hydrogen-bond donors (Lipinski definition) is 1. The summed E-state index contributed by atoms with van der Waals surface area (Å²) in [5.74, 6) is -0.745. The van der Waals surface area contributed by atoms with Crippen LogP contribution in [0.2, 0.25) is 0 Å². The summed E-state index contributed by atoms with van der Waals surface area (Å²) in [6, 6.07) is 10.8. The van der Waals surface area contributed by atoms with Gasteiger partial charge in [0.05, 0.1) is 17.9 Å². The molecular weight excluding hydrogens is 352 g/mol. The van der Waals surface area contributed by atoms with Crippen LogP contribution in [0.4, 0.5) is 0 Å². The average molecular weight is 383 g/mol. The first kappa shape index (κ1) is 19.2. The lowest BCUT2D eigenvalue weighted by molar-refractivity contribution is -0.138. The van der Waals surface area contributed by atoms with E-state index >= 15 is 0 Å². The predicted molar refractivity (Wildman–Crippen MR) is 109 cm³/mol. The first-order valence-electron chi connectivity index (χ1n) is 10.4. The number of likely N-dealkylation sites (N-methyl/N-ethyl adjacent to an activating group) is 1. The summed E-state index contributed by atoms with van der Waals surface area (Å²) in [7, 11) is 1.93. The number of likely N-dealkylation sites (tertiary alicyclic amines) is 1. The highest BCUT2D eigenvalue weighted by molar-refractivity contribution is 5.69. The maximum absolute atomic E-state index is 11.0. The summed E-state index contributed by atoms with van der Waals surface area (Å²) >= 11 is 0.